The lowest BCUT2D eigenvalue weighted by Gasteiger charge is -2.03. The van der Waals surface area contributed by atoms with E-state index < -0.39 is 10.1 Å². The number of hydrogen-bond donors (Lipinski definition) is 2. The maximum absolute atomic E-state index is 11.0. The monoisotopic (exact) mass is 334 g/mol. The molecule has 0 saturated heterocycles. The van der Waals surface area contributed by atoms with Gasteiger partial charge in [0.25, 0.3) is 10.1 Å². The normalized spacial score (nSPS) is 12.0. The third-order valence-corrected chi connectivity index (χ3v) is 4.15. The number of phenolic OH excluding ortho intramolecular Hbond substituents is 1. The Balaban J connectivity index is 1.99. The van der Waals surface area contributed by atoms with Crippen molar-refractivity contribution in [3.63, 3.8) is 0 Å². The SMILES string of the molecule is O=S(=O)(O)[13c]1[13cH][13cH][13c](N=Nc2c(O)ccc3ccccc23)[13cH][13cH]1. The van der Waals surface area contributed by atoms with Crippen molar-refractivity contribution in [3.05, 3.63) is 60.7 Å². The van der Waals surface area contributed by atoms with E-state index in [0.717, 1.165) is 10.8 Å². The van der Waals surface area contributed by atoms with Crippen molar-refractivity contribution in [2.24, 2.45) is 10.2 Å². The molecular formula is C16H12N2O4S. The lowest BCUT2D eigenvalue weighted by molar-refractivity contribution is 0.477. The van der Waals surface area contributed by atoms with E-state index in [1.165, 1.54) is 30.3 Å². The fourth-order valence-corrected chi connectivity index (χ4v) is 2.62. The van der Waals surface area contributed by atoms with Crippen molar-refractivity contribution in [3.8, 4) is 5.75 Å². The lowest BCUT2D eigenvalue weighted by atomic mass is 10.1. The molecule has 0 spiro atoms. The molecule has 0 amide bonds. The van der Waals surface area contributed by atoms with Crippen molar-refractivity contribution in [2.75, 3.05) is 0 Å². The van der Waals surface area contributed by atoms with Crippen LogP contribution >= 0.6 is 0 Å². The molecule has 0 unspecified atom stereocenters. The van der Waals surface area contributed by atoms with Crippen LogP contribution in [0.25, 0.3) is 10.8 Å². The maximum Gasteiger partial charge on any atom is 0.294 e. The van der Waals surface area contributed by atoms with Gasteiger partial charge in [-0.15, -0.1) is 5.11 Å². The topological polar surface area (TPSA) is 99.3 Å². The number of phenols is 1. The lowest BCUT2D eigenvalue weighted by Crippen LogP contribution is -1.96. The molecule has 116 valence electrons. The zero-order valence-corrected chi connectivity index (χ0v) is 12.6. The molecule has 0 heterocycles. The molecule has 3 aromatic carbocycles. The molecular weight excluding hydrogens is 322 g/mol. The van der Waals surface area contributed by atoms with Crippen LogP contribution < -0.4 is 0 Å². The van der Waals surface area contributed by atoms with Crippen LogP contribution in [0.15, 0.2) is 75.8 Å². The van der Waals surface area contributed by atoms with E-state index in [1.807, 2.05) is 24.3 Å². The Hall–Kier alpha value is -2.77. The van der Waals surface area contributed by atoms with Crippen molar-refractivity contribution in [2.45, 2.75) is 4.90 Å². The number of hydrogen-bond acceptors (Lipinski definition) is 5. The molecule has 3 rings (SSSR count). The molecule has 23 heavy (non-hydrogen) atoms. The van der Waals surface area contributed by atoms with E-state index in [1.54, 1.807) is 6.07 Å². The van der Waals surface area contributed by atoms with Gasteiger partial charge in [-0.1, -0.05) is 30.3 Å². The number of nitrogens with zero attached hydrogens (tertiary/aromatic N) is 2. The third kappa shape index (κ3) is 3.20. The first-order valence-electron chi connectivity index (χ1n) is 6.65. The second-order valence-corrected chi connectivity index (χ2v) is 6.24. The highest BCUT2D eigenvalue weighted by molar-refractivity contribution is 7.85. The van der Waals surface area contributed by atoms with Crippen LogP contribution in [0.3, 0.4) is 0 Å². The minimum Gasteiger partial charge on any atom is -0.506 e. The van der Waals surface area contributed by atoms with Gasteiger partial charge < -0.3 is 5.11 Å². The van der Waals surface area contributed by atoms with Crippen LogP contribution in [0, 0.1) is 0 Å². The molecule has 0 aliphatic rings. The highest BCUT2D eigenvalue weighted by Gasteiger charge is 2.09. The minimum atomic E-state index is -4.23. The van der Waals surface area contributed by atoms with Gasteiger partial charge in [-0.25, -0.2) is 0 Å². The molecule has 0 aliphatic heterocycles. The molecule has 0 aliphatic carbocycles. The largest absolute Gasteiger partial charge is 0.506 e. The molecule has 7 heteroatoms. The Morgan fingerprint density at radius 3 is 2.22 bits per heavy atom. The first-order valence-corrected chi connectivity index (χ1v) is 8.09. The van der Waals surface area contributed by atoms with Crippen molar-refractivity contribution in [1.29, 1.82) is 0 Å². The smallest absolute Gasteiger partial charge is 0.294 e. The standard InChI is InChI=1S/C16H12N2O4S/c19-15-10-5-11-3-1-2-4-14(11)16(15)18-17-12-6-8-13(9-7-12)23(20,21)22/h1-10,19H,(H,20,21,22)/i6+1,7+1,8+1,9+1,12+1,13+1. The summed E-state index contributed by atoms with van der Waals surface area (Å²) in [6, 6.07) is 16.0. The second kappa shape index (κ2) is 5.79. The molecule has 0 saturated carbocycles. The summed E-state index contributed by atoms with van der Waals surface area (Å²) in [6.07, 6.45) is 0. The second-order valence-electron chi connectivity index (χ2n) is 4.82. The van der Waals surface area contributed by atoms with Crippen molar-refractivity contribution >= 4 is 32.3 Å². The Morgan fingerprint density at radius 1 is 0.826 bits per heavy atom. The number of fused-ring (bicyclic) bond motifs is 1. The zero-order valence-electron chi connectivity index (χ0n) is 11.8. The fourth-order valence-electron chi connectivity index (χ4n) is 2.14. The van der Waals surface area contributed by atoms with E-state index in [4.69, 9.17) is 4.55 Å². The molecule has 0 bridgehead atoms. The van der Waals surface area contributed by atoms with Crippen molar-refractivity contribution in [1.82, 2.24) is 0 Å². The van der Waals surface area contributed by atoms with Crippen LogP contribution in [-0.2, 0) is 10.1 Å². The van der Waals surface area contributed by atoms with Gasteiger partial charge in [-0.3, -0.25) is 4.55 Å². The highest BCUT2D eigenvalue weighted by Crippen LogP contribution is 2.35. The summed E-state index contributed by atoms with van der Waals surface area (Å²) in [4.78, 5) is -0.218. The van der Waals surface area contributed by atoms with Gasteiger partial charge in [-0.2, -0.15) is 13.5 Å². The van der Waals surface area contributed by atoms with Gasteiger partial charge in [0, 0.05) is 5.39 Å². The quantitative estimate of drug-likeness (QED) is 0.553. The number of rotatable bonds is 3. The zero-order chi connectivity index (χ0) is 16.4. The molecule has 3 aromatic rings. The predicted molar refractivity (Wildman–Crippen MR) is 86.0 cm³/mol. The molecule has 0 fully saturated rings. The Bertz CT molecular complexity index is 996. The maximum atomic E-state index is 11.0. The first kappa shape index (κ1) is 15.1. The van der Waals surface area contributed by atoms with E-state index >= 15 is 0 Å². The molecule has 6 nitrogen and oxygen atoms in total. The summed E-state index contributed by atoms with van der Waals surface area (Å²) in [5.74, 6) is 0.00186. The molecule has 0 radical (unpaired) electrons. The Morgan fingerprint density at radius 2 is 1.52 bits per heavy atom. The van der Waals surface area contributed by atoms with Gasteiger partial charge in [0.1, 0.15) is 11.4 Å². The number of benzene rings is 3. The summed E-state index contributed by atoms with van der Waals surface area (Å²) >= 11 is 0. The van der Waals surface area contributed by atoms with Gasteiger partial charge in [0.15, 0.2) is 0 Å². The molecule has 0 aromatic heterocycles. The van der Waals surface area contributed by atoms with Crippen LogP contribution in [0.4, 0.5) is 11.4 Å². The summed E-state index contributed by atoms with van der Waals surface area (Å²) in [5.41, 5.74) is 0.728. The summed E-state index contributed by atoms with van der Waals surface area (Å²) in [5, 5.41) is 19.7. The molecule has 2 N–H and O–H groups in total. The van der Waals surface area contributed by atoms with Gasteiger partial charge in [0.05, 0.1) is 10.6 Å². The van der Waals surface area contributed by atoms with Crippen LogP contribution in [0.5, 0.6) is 5.75 Å². The van der Waals surface area contributed by atoms with Crippen LogP contribution in [0.2, 0.25) is 0 Å². The van der Waals surface area contributed by atoms with Crippen LogP contribution in [0.1, 0.15) is 0 Å². The number of azo groups is 1. The average Bonchev–Trinajstić information content (AvgIpc) is 2.53. The molecule has 0 atom stereocenters. The summed E-state index contributed by atoms with van der Waals surface area (Å²) < 4.78 is 30.9. The predicted octanol–water partition coefficient (Wildman–Crippen LogP) is 4.21. The van der Waals surface area contributed by atoms with E-state index in [2.05, 4.69) is 10.2 Å². The van der Waals surface area contributed by atoms with E-state index in [-0.39, 0.29) is 10.6 Å². The minimum absolute atomic E-state index is 0.00186. The Kier molecular flexibility index (Phi) is 3.81. The first-order chi connectivity index (χ1) is 10.9. The van der Waals surface area contributed by atoms with Crippen molar-refractivity contribution < 1.29 is 18.1 Å². The number of aromatic hydroxyl groups is 1. The van der Waals surface area contributed by atoms with Gasteiger partial charge in [0.2, 0.25) is 0 Å². The summed E-state index contributed by atoms with van der Waals surface area (Å²) in [6.45, 7) is 0. The Labute approximate surface area is 132 Å². The highest BCUT2D eigenvalue weighted by atomic mass is 32.2. The van der Waals surface area contributed by atoms with Gasteiger partial charge in [-0.05, 0) is 35.7 Å². The van der Waals surface area contributed by atoms with E-state index in [0.29, 0.717) is 11.4 Å². The average molecular weight is 334 g/mol. The third-order valence-electron chi connectivity index (χ3n) is 3.28. The fraction of sp³-hybridized carbons (Fsp3) is 0. The van der Waals surface area contributed by atoms with E-state index in [9.17, 15) is 13.5 Å². The van der Waals surface area contributed by atoms with Crippen LogP contribution in [-0.4, -0.2) is 18.1 Å². The summed E-state index contributed by atoms with van der Waals surface area (Å²) in [7, 11) is -4.23. The van der Waals surface area contributed by atoms with Gasteiger partial charge >= 0.3 is 0 Å².